The smallest absolute Gasteiger partial charge is 0.165 e. The molecule has 0 aliphatic rings. The van der Waals surface area contributed by atoms with Crippen LogP contribution >= 0.6 is 12.4 Å². The van der Waals surface area contributed by atoms with Gasteiger partial charge in [-0.05, 0) is 43.6 Å². The molecular formula is C15H26ClFN2O. The highest BCUT2D eigenvalue weighted by Gasteiger charge is 2.18. The van der Waals surface area contributed by atoms with E-state index in [1.807, 2.05) is 20.0 Å². The zero-order valence-corrected chi connectivity index (χ0v) is 13.6. The van der Waals surface area contributed by atoms with Gasteiger partial charge in [-0.25, -0.2) is 4.39 Å². The van der Waals surface area contributed by atoms with Crippen LogP contribution in [-0.4, -0.2) is 31.6 Å². The van der Waals surface area contributed by atoms with Crippen LogP contribution in [0.25, 0.3) is 0 Å². The van der Waals surface area contributed by atoms with Gasteiger partial charge in [-0.1, -0.05) is 19.9 Å². The SMILES string of the molecule is CCOc1ccc(CN(C)CC(C)(C)CN)cc1F.Cl. The summed E-state index contributed by atoms with van der Waals surface area (Å²) in [4.78, 5) is 2.15. The lowest BCUT2D eigenvalue weighted by atomic mass is 9.93. The van der Waals surface area contributed by atoms with Crippen molar-refractivity contribution < 1.29 is 9.13 Å². The third kappa shape index (κ3) is 6.07. The summed E-state index contributed by atoms with van der Waals surface area (Å²) >= 11 is 0. The zero-order chi connectivity index (χ0) is 14.5. The molecule has 0 radical (unpaired) electrons. The Morgan fingerprint density at radius 3 is 2.50 bits per heavy atom. The monoisotopic (exact) mass is 304 g/mol. The second-order valence-electron chi connectivity index (χ2n) is 5.74. The summed E-state index contributed by atoms with van der Waals surface area (Å²) in [5, 5.41) is 0. The van der Waals surface area contributed by atoms with E-state index >= 15 is 0 Å². The third-order valence-electron chi connectivity index (χ3n) is 3.00. The highest BCUT2D eigenvalue weighted by molar-refractivity contribution is 5.85. The van der Waals surface area contributed by atoms with Gasteiger partial charge in [0.15, 0.2) is 11.6 Å². The van der Waals surface area contributed by atoms with Crippen molar-refractivity contribution in [3.63, 3.8) is 0 Å². The number of ether oxygens (including phenoxy) is 1. The summed E-state index contributed by atoms with van der Waals surface area (Å²) in [5.41, 5.74) is 6.73. The molecule has 0 heterocycles. The second kappa shape index (κ2) is 8.45. The highest BCUT2D eigenvalue weighted by atomic mass is 35.5. The second-order valence-corrected chi connectivity index (χ2v) is 5.74. The lowest BCUT2D eigenvalue weighted by Gasteiger charge is -2.29. The van der Waals surface area contributed by atoms with Gasteiger partial charge in [-0.15, -0.1) is 12.4 Å². The maximum atomic E-state index is 13.7. The molecule has 0 saturated carbocycles. The summed E-state index contributed by atoms with van der Waals surface area (Å²) in [6.07, 6.45) is 0. The van der Waals surface area contributed by atoms with Crippen molar-refractivity contribution in [1.82, 2.24) is 4.90 Å². The number of benzene rings is 1. The van der Waals surface area contributed by atoms with Gasteiger partial charge in [-0.3, -0.25) is 0 Å². The normalized spacial score (nSPS) is 11.3. The Bertz CT molecular complexity index is 413. The van der Waals surface area contributed by atoms with E-state index in [0.717, 1.165) is 12.1 Å². The Morgan fingerprint density at radius 1 is 1.35 bits per heavy atom. The Hall–Kier alpha value is -0.840. The van der Waals surface area contributed by atoms with Crippen LogP contribution in [0, 0.1) is 11.2 Å². The maximum absolute atomic E-state index is 13.7. The van der Waals surface area contributed by atoms with Crippen LogP contribution in [0.4, 0.5) is 4.39 Å². The predicted octanol–water partition coefficient (Wildman–Crippen LogP) is 3.06. The van der Waals surface area contributed by atoms with E-state index in [4.69, 9.17) is 10.5 Å². The Balaban J connectivity index is 0.00000361. The van der Waals surface area contributed by atoms with Crippen molar-refractivity contribution in [2.24, 2.45) is 11.1 Å². The number of nitrogens with zero attached hydrogens (tertiary/aromatic N) is 1. The van der Waals surface area contributed by atoms with Gasteiger partial charge in [0.05, 0.1) is 6.61 Å². The van der Waals surface area contributed by atoms with Gasteiger partial charge >= 0.3 is 0 Å². The zero-order valence-electron chi connectivity index (χ0n) is 12.8. The van der Waals surface area contributed by atoms with Crippen molar-refractivity contribution in [2.45, 2.75) is 27.3 Å². The van der Waals surface area contributed by atoms with Gasteiger partial charge in [0.1, 0.15) is 0 Å². The minimum Gasteiger partial charge on any atom is -0.491 e. The summed E-state index contributed by atoms with van der Waals surface area (Å²) in [6.45, 7) is 8.78. The van der Waals surface area contributed by atoms with Crippen LogP contribution in [0.3, 0.4) is 0 Å². The van der Waals surface area contributed by atoms with Crippen molar-refractivity contribution >= 4 is 12.4 Å². The summed E-state index contributed by atoms with van der Waals surface area (Å²) in [7, 11) is 2.02. The molecule has 0 amide bonds. The van der Waals surface area contributed by atoms with E-state index in [0.29, 0.717) is 25.4 Å². The molecule has 0 unspecified atom stereocenters. The van der Waals surface area contributed by atoms with E-state index in [1.165, 1.54) is 6.07 Å². The largest absolute Gasteiger partial charge is 0.491 e. The van der Waals surface area contributed by atoms with Crippen LogP contribution < -0.4 is 10.5 Å². The van der Waals surface area contributed by atoms with Crippen molar-refractivity contribution in [3.05, 3.63) is 29.6 Å². The standard InChI is InChI=1S/C15H25FN2O.ClH/c1-5-19-14-7-6-12(8-13(14)16)9-18(4)11-15(2,3)10-17;/h6-8H,5,9-11,17H2,1-4H3;1H. The average Bonchev–Trinajstić information content (AvgIpc) is 2.32. The molecule has 0 saturated heterocycles. The fourth-order valence-electron chi connectivity index (χ4n) is 2.08. The lowest BCUT2D eigenvalue weighted by molar-refractivity contribution is 0.209. The minimum atomic E-state index is -0.300. The Labute approximate surface area is 127 Å². The molecule has 1 rings (SSSR count). The van der Waals surface area contributed by atoms with Crippen LogP contribution in [0.5, 0.6) is 5.75 Å². The number of rotatable bonds is 7. The van der Waals surface area contributed by atoms with E-state index < -0.39 is 0 Å². The molecule has 116 valence electrons. The minimum absolute atomic E-state index is 0. The quantitative estimate of drug-likeness (QED) is 0.841. The molecule has 5 heteroatoms. The molecule has 0 aliphatic heterocycles. The molecule has 1 aromatic carbocycles. The molecular weight excluding hydrogens is 279 g/mol. The first-order valence-electron chi connectivity index (χ1n) is 6.68. The van der Waals surface area contributed by atoms with Gasteiger partial charge in [0.2, 0.25) is 0 Å². The topological polar surface area (TPSA) is 38.5 Å². The van der Waals surface area contributed by atoms with Gasteiger partial charge in [0, 0.05) is 13.1 Å². The van der Waals surface area contributed by atoms with Crippen molar-refractivity contribution in [1.29, 1.82) is 0 Å². The summed E-state index contributed by atoms with van der Waals surface area (Å²) < 4.78 is 18.9. The van der Waals surface area contributed by atoms with Crippen LogP contribution in [0.1, 0.15) is 26.3 Å². The van der Waals surface area contributed by atoms with Crippen LogP contribution in [0.2, 0.25) is 0 Å². The van der Waals surface area contributed by atoms with Gasteiger partial charge in [0.25, 0.3) is 0 Å². The van der Waals surface area contributed by atoms with Crippen molar-refractivity contribution in [3.8, 4) is 5.75 Å². The first-order valence-corrected chi connectivity index (χ1v) is 6.68. The summed E-state index contributed by atoms with van der Waals surface area (Å²) in [5.74, 6) is 0.0158. The molecule has 0 aliphatic carbocycles. The number of hydrogen-bond acceptors (Lipinski definition) is 3. The van der Waals surface area contributed by atoms with E-state index in [1.54, 1.807) is 6.07 Å². The van der Waals surface area contributed by atoms with Crippen LogP contribution in [-0.2, 0) is 6.54 Å². The average molecular weight is 305 g/mol. The molecule has 2 N–H and O–H groups in total. The van der Waals surface area contributed by atoms with Crippen LogP contribution in [0.15, 0.2) is 18.2 Å². The van der Waals surface area contributed by atoms with E-state index in [-0.39, 0.29) is 23.6 Å². The Kier molecular flexibility index (Phi) is 8.09. The fourth-order valence-corrected chi connectivity index (χ4v) is 2.08. The molecule has 20 heavy (non-hydrogen) atoms. The third-order valence-corrected chi connectivity index (χ3v) is 3.00. The molecule has 3 nitrogen and oxygen atoms in total. The van der Waals surface area contributed by atoms with Gasteiger partial charge in [-0.2, -0.15) is 0 Å². The van der Waals surface area contributed by atoms with Gasteiger partial charge < -0.3 is 15.4 Å². The predicted molar refractivity (Wildman–Crippen MR) is 84.0 cm³/mol. The molecule has 0 spiro atoms. The lowest BCUT2D eigenvalue weighted by Crippen LogP contribution is -2.36. The highest BCUT2D eigenvalue weighted by Crippen LogP contribution is 2.20. The van der Waals surface area contributed by atoms with E-state index in [9.17, 15) is 4.39 Å². The molecule has 0 atom stereocenters. The molecule has 0 bridgehead atoms. The number of hydrogen-bond donors (Lipinski definition) is 1. The number of nitrogens with two attached hydrogens (primary N) is 1. The molecule has 0 fully saturated rings. The Morgan fingerprint density at radius 2 is 2.00 bits per heavy atom. The fraction of sp³-hybridized carbons (Fsp3) is 0.600. The molecule has 0 aromatic heterocycles. The first kappa shape index (κ1) is 19.2. The summed E-state index contributed by atoms with van der Waals surface area (Å²) in [6, 6.07) is 5.13. The van der Waals surface area contributed by atoms with E-state index in [2.05, 4.69) is 18.7 Å². The first-order chi connectivity index (χ1) is 8.88. The van der Waals surface area contributed by atoms with Crippen molar-refractivity contribution in [2.75, 3.05) is 26.7 Å². The number of halogens is 2. The maximum Gasteiger partial charge on any atom is 0.165 e. The molecule has 1 aromatic rings.